The third kappa shape index (κ3) is 28.7. The molecular formula is C45H77NO2. The largest absolute Gasteiger partial charge is 0.490 e. The zero-order valence-electron chi connectivity index (χ0n) is 32.2. The molecule has 3 nitrogen and oxygen atoms in total. The molecule has 1 rings (SSSR count). The number of rotatable bonds is 34. The van der Waals surface area contributed by atoms with E-state index in [0.717, 1.165) is 56.9 Å². The van der Waals surface area contributed by atoms with Crippen molar-refractivity contribution in [3.63, 3.8) is 0 Å². The quantitative estimate of drug-likeness (QED) is 0.0541. The maximum atomic E-state index is 6.29. The molecule has 0 saturated heterocycles. The SMILES string of the molecule is CCCCC/C=C\C/C=C\CCCCCCCCOc1ccc(CN(C)C)cc1OCCCCCCCC/C=C\C/C=C\CCCCC. The molecule has 0 bridgehead atoms. The molecule has 0 aromatic heterocycles. The molecule has 274 valence electrons. The van der Waals surface area contributed by atoms with Gasteiger partial charge in [-0.2, -0.15) is 0 Å². The van der Waals surface area contributed by atoms with E-state index in [9.17, 15) is 0 Å². The highest BCUT2D eigenvalue weighted by atomic mass is 16.5. The van der Waals surface area contributed by atoms with E-state index < -0.39 is 0 Å². The number of ether oxygens (including phenoxy) is 2. The standard InChI is InChI=1S/C45H77NO2/c1-5-7-9-11-13-15-17-19-21-23-25-27-29-31-33-35-39-47-44-38-37-43(42-46(3)4)41-45(44)48-40-36-34-32-30-28-26-24-22-20-18-16-14-12-10-8-6-2/h13-16,19-22,37-38,41H,5-12,17-18,23-36,39-40,42H2,1-4H3/b15-13-,16-14-,21-19-,22-20-. The smallest absolute Gasteiger partial charge is 0.161 e. The van der Waals surface area contributed by atoms with Gasteiger partial charge in [0, 0.05) is 6.54 Å². The Kier molecular flexibility index (Phi) is 31.5. The Morgan fingerprint density at radius 2 is 0.854 bits per heavy atom. The van der Waals surface area contributed by atoms with Crippen molar-refractivity contribution in [1.29, 1.82) is 0 Å². The minimum Gasteiger partial charge on any atom is -0.490 e. The average molecular weight is 664 g/mol. The van der Waals surface area contributed by atoms with Gasteiger partial charge in [-0.25, -0.2) is 0 Å². The van der Waals surface area contributed by atoms with Crippen LogP contribution in [-0.2, 0) is 6.54 Å². The molecule has 0 N–H and O–H groups in total. The van der Waals surface area contributed by atoms with Crippen molar-refractivity contribution in [2.45, 2.75) is 174 Å². The molecule has 1 aromatic carbocycles. The molecule has 0 unspecified atom stereocenters. The van der Waals surface area contributed by atoms with Crippen molar-refractivity contribution >= 4 is 0 Å². The van der Waals surface area contributed by atoms with Crippen LogP contribution in [0.25, 0.3) is 0 Å². The van der Waals surface area contributed by atoms with Gasteiger partial charge >= 0.3 is 0 Å². The van der Waals surface area contributed by atoms with E-state index in [1.807, 2.05) is 0 Å². The Morgan fingerprint density at radius 1 is 0.458 bits per heavy atom. The van der Waals surface area contributed by atoms with E-state index in [0.29, 0.717) is 0 Å². The maximum Gasteiger partial charge on any atom is 0.161 e. The molecule has 1 aromatic rings. The zero-order chi connectivity index (χ0) is 34.6. The monoisotopic (exact) mass is 664 g/mol. The molecule has 0 aliphatic carbocycles. The Labute approximate surface area is 299 Å². The van der Waals surface area contributed by atoms with Crippen LogP contribution >= 0.6 is 0 Å². The van der Waals surface area contributed by atoms with Gasteiger partial charge < -0.3 is 14.4 Å². The van der Waals surface area contributed by atoms with Crippen LogP contribution in [-0.4, -0.2) is 32.2 Å². The lowest BCUT2D eigenvalue weighted by atomic mass is 10.1. The van der Waals surface area contributed by atoms with Crippen LogP contribution in [0.1, 0.15) is 174 Å². The van der Waals surface area contributed by atoms with Crippen LogP contribution in [0.4, 0.5) is 0 Å². The van der Waals surface area contributed by atoms with Gasteiger partial charge in [0.25, 0.3) is 0 Å². The van der Waals surface area contributed by atoms with Crippen molar-refractivity contribution in [2.24, 2.45) is 0 Å². The van der Waals surface area contributed by atoms with Crippen molar-refractivity contribution in [3.05, 3.63) is 72.4 Å². The van der Waals surface area contributed by atoms with Crippen LogP contribution in [0.5, 0.6) is 11.5 Å². The number of benzene rings is 1. The Bertz CT molecular complexity index is 944. The van der Waals surface area contributed by atoms with Gasteiger partial charge in [0.2, 0.25) is 0 Å². The van der Waals surface area contributed by atoms with E-state index in [2.05, 4.69) is 99.6 Å². The second kappa shape index (κ2) is 34.6. The van der Waals surface area contributed by atoms with E-state index in [4.69, 9.17) is 9.47 Å². The first-order valence-electron chi connectivity index (χ1n) is 20.3. The summed E-state index contributed by atoms with van der Waals surface area (Å²) < 4.78 is 12.5. The van der Waals surface area contributed by atoms with Crippen molar-refractivity contribution < 1.29 is 9.47 Å². The van der Waals surface area contributed by atoms with Crippen LogP contribution in [0, 0.1) is 0 Å². The fourth-order valence-electron chi connectivity index (χ4n) is 5.79. The van der Waals surface area contributed by atoms with Gasteiger partial charge in [-0.05, 0) is 109 Å². The summed E-state index contributed by atoms with van der Waals surface area (Å²) in [6.45, 7) is 6.97. The summed E-state index contributed by atoms with van der Waals surface area (Å²) >= 11 is 0. The summed E-state index contributed by atoms with van der Waals surface area (Å²) in [5.41, 5.74) is 1.27. The topological polar surface area (TPSA) is 21.7 Å². The first-order valence-corrected chi connectivity index (χ1v) is 20.3. The number of hydrogen-bond acceptors (Lipinski definition) is 3. The van der Waals surface area contributed by atoms with E-state index in [1.165, 1.54) is 134 Å². The normalized spacial score (nSPS) is 12.2. The summed E-state index contributed by atoms with van der Waals surface area (Å²) in [5.74, 6) is 1.82. The molecule has 0 spiro atoms. The molecule has 0 radical (unpaired) electrons. The summed E-state index contributed by atoms with van der Waals surface area (Å²) in [4.78, 5) is 2.20. The lowest BCUT2D eigenvalue weighted by Gasteiger charge is -2.16. The fraction of sp³-hybridized carbons (Fsp3) is 0.689. The van der Waals surface area contributed by atoms with Crippen molar-refractivity contribution in [3.8, 4) is 11.5 Å². The van der Waals surface area contributed by atoms with E-state index in [1.54, 1.807) is 0 Å². The van der Waals surface area contributed by atoms with Gasteiger partial charge in [-0.1, -0.05) is 146 Å². The molecule has 0 atom stereocenters. The third-order valence-electron chi connectivity index (χ3n) is 8.71. The summed E-state index contributed by atoms with van der Waals surface area (Å²) in [7, 11) is 4.22. The highest BCUT2D eigenvalue weighted by Gasteiger charge is 2.08. The van der Waals surface area contributed by atoms with Gasteiger partial charge in [0.1, 0.15) is 0 Å². The maximum absolute atomic E-state index is 6.29. The summed E-state index contributed by atoms with van der Waals surface area (Å²) in [6.07, 6.45) is 49.0. The second-order valence-corrected chi connectivity index (χ2v) is 13.9. The molecule has 48 heavy (non-hydrogen) atoms. The van der Waals surface area contributed by atoms with Gasteiger partial charge in [-0.3, -0.25) is 0 Å². The Morgan fingerprint density at radius 3 is 1.29 bits per heavy atom. The number of allylic oxidation sites excluding steroid dienone is 8. The van der Waals surface area contributed by atoms with Crippen LogP contribution in [0.15, 0.2) is 66.8 Å². The van der Waals surface area contributed by atoms with Gasteiger partial charge in [0.15, 0.2) is 11.5 Å². The number of nitrogens with zero attached hydrogens (tertiary/aromatic N) is 1. The first kappa shape index (κ1) is 43.8. The molecule has 3 heteroatoms. The Balaban J connectivity index is 2.15. The first-order chi connectivity index (χ1) is 23.7. The summed E-state index contributed by atoms with van der Waals surface area (Å²) in [6, 6.07) is 6.48. The molecular weight excluding hydrogens is 587 g/mol. The van der Waals surface area contributed by atoms with Crippen molar-refractivity contribution in [1.82, 2.24) is 4.90 Å². The molecule has 0 saturated carbocycles. The Hall–Kier alpha value is -2.26. The number of hydrogen-bond donors (Lipinski definition) is 0. The van der Waals surface area contributed by atoms with Crippen LogP contribution in [0.3, 0.4) is 0 Å². The second-order valence-electron chi connectivity index (χ2n) is 13.9. The highest BCUT2D eigenvalue weighted by molar-refractivity contribution is 5.43. The lowest BCUT2D eigenvalue weighted by Crippen LogP contribution is -2.11. The van der Waals surface area contributed by atoms with Crippen molar-refractivity contribution in [2.75, 3.05) is 27.3 Å². The molecule has 0 fully saturated rings. The molecule has 0 heterocycles. The zero-order valence-corrected chi connectivity index (χ0v) is 32.2. The predicted octanol–water partition coefficient (Wildman–Crippen LogP) is 14.1. The van der Waals surface area contributed by atoms with Crippen LogP contribution < -0.4 is 9.47 Å². The van der Waals surface area contributed by atoms with E-state index in [-0.39, 0.29) is 0 Å². The summed E-state index contributed by atoms with van der Waals surface area (Å²) in [5, 5.41) is 0. The van der Waals surface area contributed by atoms with Gasteiger partial charge in [0.05, 0.1) is 13.2 Å². The minimum absolute atomic E-state index is 0.765. The average Bonchev–Trinajstić information content (AvgIpc) is 3.08. The molecule has 0 aliphatic rings. The van der Waals surface area contributed by atoms with Crippen LogP contribution in [0.2, 0.25) is 0 Å². The number of unbranched alkanes of at least 4 members (excludes halogenated alkanes) is 18. The molecule has 0 amide bonds. The fourth-order valence-corrected chi connectivity index (χ4v) is 5.79. The predicted molar refractivity (Wildman–Crippen MR) is 214 cm³/mol. The molecule has 0 aliphatic heterocycles. The van der Waals surface area contributed by atoms with Gasteiger partial charge in [-0.15, -0.1) is 0 Å². The highest BCUT2D eigenvalue weighted by Crippen LogP contribution is 2.29. The third-order valence-corrected chi connectivity index (χ3v) is 8.71. The minimum atomic E-state index is 0.765. The lowest BCUT2D eigenvalue weighted by molar-refractivity contribution is 0.257. The van der Waals surface area contributed by atoms with E-state index >= 15 is 0 Å².